The van der Waals surface area contributed by atoms with Crippen LogP contribution in [0.2, 0.25) is 5.02 Å². The molecular formula is C11H15ClN2O2. The minimum absolute atomic E-state index is 0.0147. The number of hydrogen-bond donors (Lipinski definition) is 2. The number of hydrogen-bond acceptors (Lipinski definition) is 4. The van der Waals surface area contributed by atoms with Crippen LogP contribution in [0.3, 0.4) is 0 Å². The number of benzene rings is 1. The maximum absolute atomic E-state index is 9.08. The van der Waals surface area contributed by atoms with Crippen molar-refractivity contribution in [1.82, 2.24) is 0 Å². The topological polar surface area (TPSA) is 58.7 Å². The summed E-state index contributed by atoms with van der Waals surface area (Å²) in [6, 6.07) is 5.46. The Kier molecular flexibility index (Phi) is 3.53. The van der Waals surface area contributed by atoms with Gasteiger partial charge in [-0.2, -0.15) is 0 Å². The van der Waals surface area contributed by atoms with Crippen LogP contribution in [0, 0.1) is 0 Å². The molecule has 0 bridgehead atoms. The highest BCUT2D eigenvalue weighted by Crippen LogP contribution is 2.32. The van der Waals surface area contributed by atoms with Crippen molar-refractivity contribution < 1.29 is 9.84 Å². The standard InChI is InChI=1S/C11H15ClN2O2/c12-9-2-1-3-10(13)11(9)14-4-5-16-8(6-14)7-15/h1-3,8,15H,4-7,13H2. The van der Waals surface area contributed by atoms with Gasteiger partial charge in [-0.15, -0.1) is 0 Å². The van der Waals surface area contributed by atoms with Crippen molar-refractivity contribution >= 4 is 23.0 Å². The fraction of sp³-hybridized carbons (Fsp3) is 0.455. The van der Waals surface area contributed by atoms with Gasteiger partial charge in [0.25, 0.3) is 0 Å². The Morgan fingerprint density at radius 3 is 3.06 bits per heavy atom. The monoisotopic (exact) mass is 242 g/mol. The molecule has 0 aliphatic carbocycles. The summed E-state index contributed by atoms with van der Waals surface area (Å²) in [5, 5.41) is 9.72. The first kappa shape index (κ1) is 11.5. The molecule has 0 radical (unpaired) electrons. The van der Waals surface area contributed by atoms with Crippen LogP contribution >= 0.6 is 11.6 Å². The first-order valence-electron chi connectivity index (χ1n) is 5.23. The van der Waals surface area contributed by atoms with E-state index < -0.39 is 0 Å². The molecule has 4 nitrogen and oxygen atoms in total. The predicted molar refractivity (Wildman–Crippen MR) is 64.9 cm³/mol. The molecule has 88 valence electrons. The number of aliphatic hydroxyl groups excluding tert-OH is 1. The summed E-state index contributed by atoms with van der Waals surface area (Å²) in [5.74, 6) is 0. The van der Waals surface area contributed by atoms with Crippen LogP contribution in [0.1, 0.15) is 0 Å². The number of rotatable bonds is 2. The lowest BCUT2D eigenvalue weighted by molar-refractivity contribution is 0.00361. The maximum atomic E-state index is 9.08. The largest absolute Gasteiger partial charge is 0.397 e. The fourth-order valence-corrected chi connectivity index (χ4v) is 2.20. The Hall–Kier alpha value is -0.970. The molecule has 1 aromatic carbocycles. The Bertz CT molecular complexity index is 353. The van der Waals surface area contributed by atoms with E-state index in [1.807, 2.05) is 18.2 Å². The Balaban J connectivity index is 2.23. The van der Waals surface area contributed by atoms with Crippen LogP contribution < -0.4 is 10.6 Å². The molecule has 1 unspecified atom stereocenters. The van der Waals surface area contributed by atoms with Crippen LogP contribution in [0.5, 0.6) is 0 Å². The second kappa shape index (κ2) is 4.91. The van der Waals surface area contributed by atoms with Crippen LogP contribution in [-0.4, -0.2) is 37.5 Å². The third kappa shape index (κ3) is 2.24. The lowest BCUT2D eigenvalue weighted by Crippen LogP contribution is -2.44. The molecule has 0 aromatic heterocycles. The zero-order chi connectivity index (χ0) is 11.5. The smallest absolute Gasteiger partial charge is 0.0980 e. The Labute approximate surface area is 99.6 Å². The number of morpholine rings is 1. The van der Waals surface area contributed by atoms with E-state index in [1.165, 1.54) is 0 Å². The number of aliphatic hydroxyl groups is 1. The number of ether oxygens (including phenoxy) is 1. The summed E-state index contributed by atoms with van der Waals surface area (Å²) in [7, 11) is 0. The molecule has 0 amide bonds. The summed E-state index contributed by atoms with van der Waals surface area (Å²) < 4.78 is 5.38. The number of nitrogens with two attached hydrogens (primary N) is 1. The first-order chi connectivity index (χ1) is 7.72. The molecular weight excluding hydrogens is 228 g/mol. The molecule has 3 N–H and O–H groups in total. The summed E-state index contributed by atoms with van der Waals surface area (Å²) >= 11 is 6.13. The van der Waals surface area contributed by atoms with Gasteiger partial charge in [-0.1, -0.05) is 17.7 Å². The van der Waals surface area contributed by atoms with Gasteiger partial charge in [0.15, 0.2) is 0 Å². The molecule has 0 saturated carbocycles. The molecule has 2 rings (SSSR count). The van der Waals surface area contributed by atoms with E-state index in [2.05, 4.69) is 4.90 Å². The van der Waals surface area contributed by atoms with Crippen molar-refractivity contribution in [3.05, 3.63) is 23.2 Å². The average Bonchev–Trinajstić information content (AvgIpc) is 2.29. The Morgan fingerprint density at radius 2 is 2.38 bits per heavy atom. The van der Waals surface area contributed by atoms with Gasteiger partial charge in [0.05, 0.1) is 35.7 Å². The highest BCUT2D eigenvalue weighted by Gasteiger charge is 2.22. The van der Waals surface area contributed by atoms with E-state index >= 15 is 0 Å². The molecule has 1 atom stereocenters. The van der Waals surface area contributed by atoms with E-state index in [9.17, 15) is 0 Å². The molecule has 1 aliphatic rings. The van der Waals surface area contributed by atoms with Crippen LogP contribution in [0.15, 0.2) is 18.2 Å². The minimum Gasteiger partial charge on any atom is -0.397 e. The van der Waals surface area contributed by atoms with Gasteiger partial charge >= 0.3 is 0 Å². The minimum atomic E-state index is -0.163. The van der Waals surface area contributed by atoms with Crippen molar-refractivity contribution in [2.45, 2.75) is 6.10 Å². The van der Waals surface area contributed by atoms with Gasteiger partial charge in [-0.3, -0.25) is 0 Å². The van der Waals surface area contributed by atoms with Crippen molar-refractivity contribution in [2.75, 3.05) is 36.9 Å². The van der Waals surface area contributed by atoms with Crippen molar-refractivity contribution in [3.8, 4) is 0 Å². The third-order valence-electron chi connectivity index (χ3n) is 2.68. The molecule has 1 aliphatic heterocycles. The average molecular weight is 243 g/mol. The lowest BCUT2D eigenvalue weighted by atomic mass is 10.2. The molecule has 16 heavy (non-hydrogen) atoms. The second-order valence-corrected chi connectivity index (χ2v) is 4.21. The summed E-state index contributed by atoms with van der Waals surface area (Å²) in [5.41, 5.74) is 7.41. The zero-order valence-corrected chi connectivity index (χ0v) is 9.65. The normalized spacial score (nSPS) is 21.1. The second-order valence-electron chi connectivity index (χ2n) is 3.80. The van der Waals surface area contributed by atoms with Gasteiger partial charge in [0.2, 0.25) is 0 Å². The molecule has 1 saturated heterocycles. The first-order valence-corrected chi connectivity index (χ1v) is 5.61. The number of para-hydroxylation sites is 1. The molecule has 0 spiro atoms. The molecule has 5 heteroatoms. The van der Waals surface area contributed by atoms with E-state index in [0.717, 1.165) is 12.2 Å². The summed E-state index contributed by atoms with van der Waals surface area (Å²) in [6.45, 7) is 1.95. The quantitative estimate of drug-likeness (QED) is 0.763. The number of anilines is 2. The lowest BCUT2D eigenvalue weighted by Gasteiger charge is -2.34. The van der Waals surface area contributed by atoms with Gasteiger partial charge in [-0.05, 0) is 12.1 Å². The van der Waals surface area contributed by atoms with Crippen molar-refractivity contribution in [3.63, 3.8) is 0 Å². The third-order valence-corrected chi connectivity index (χ3v) is 2.98. The number of nitrogen functional groups attached to an aromatic ring is 1. The Morgan fingerprint density at radius 1 is 1.56 bits per heavy atom. The molecule has 1 aromatic rings. The van der Waals surface area contributed by atoms with Crippen LogP contribution in [0.4, 0.5) is 11.4 Å². The van der Waals surface area contributed by atoms with E-state index in [0.29, 0.717) is 23.9 Å². The van der Waals surface area contributed by atoms with Crippen molar-refractivity contribution in [1.29, 1.82) is 0 Å². The van der Waals surface area contributed by atoms with E-state index in [-0.39, 0.29) is 12.7 Å². The van der Waals surface area contributed by atoms with Crippen molar-refractivity contribution in [2.24, 2.45) is 0 Å². The van der Waals surface area contributed by atoms with E-state index in [4.69, 9.17) is 27.2 Å². The summed E-state index contributed by atoms with van der Waals surface area (Å²) in [6.07, 6.45) is -0.163. The predicted octanol–water partition coefficient (Wildman–Crippen LogP) is 1.12. The maximum Gasteiger partial charge on any atom is 0.0980 e. The van der Waals surface area contributed by atoms with Crippen LogP contribution in [0.25, 0.3) is 0 Å². The highest BCUT2D eigenvalue weighted by atomic mass is 35.5. The van der Waals surface area contributed by atoms with Gasteiger partial charge in [-0.25, -0.2) is 0 Å². The van der Waals surface area contributed by atoms with Gasteiger partial charge < -0.3 is 20.5 Å². The van der Waals surface area contributed by atoms with E-state index in [1.54, 1.807) is 0 Å². The zero-order valence-electron chi connectivity index (χ0n) is 8.90. The molecule has 1 heterocycles. The van der Waals surface area contributed by atoms with Gasteiger partial charge in [0, 0.05) is 13.1 Å². The fourth-order valence-electron chi connectivity index (χ4n) is 1.90. The van der Waals surface area contributed by atoms with Crippen LogP contribution in [-0.2, 0) is 4.74 Å². The summed E-state index contributed by atoms with van der Waals surface area (Å²) in [4.78, 5) is 2.06. The SMILES string of the molecule is Nc1cccc(Cl)c1N1CCOC(CO)C1. The number of nitrogens with zero attached hydrogens (tertiary/aromatic N) is 1. The number of halogens is 1. The molecule has 1 fully saturated rings. The van der Waals surface area contributed by atoms with Gasteiger partial charge in [0.1, 0.15) is 0 Å². The highest BCUT2D eigenvalue weighted by molar-refractivity contribution is 6.34.